The molecule has 0 unspecified atom stereocenters. The first kappa shape index (κ1) is 17.3. The lowest BCUT2D eigenvalue weighted by Gasteiger charge is -2.09. The topological polar surface area (TPSA) is 51.2 Å². The predicted molar refractivity (Wildman–Crippen MR) is 102 cm³/mol. The molecule has 2 aromatic carbocycles. The van der Waals surface area contributed by atoms with Gasteiger partial charge in [0.2, 0.25) is 0 Å². The number of nitrogens with one attached hydrogen (secondary N) is 1. The Balaban J connectivity index is 1.68. The Hall–Kier alpha value is -2.50. The highest BCUT2D eigenvalue weighted by Crippen LogP contribution is 2.25. The van der Waals surface area contributed by atoms with E-state index in [1.165, 1.54) is 11.3 Å². The third-order valence-electron chi connectivity index (χ3n) is 3.52. The molecule has 0 spiro atoms. The molecule has 1 aromatic heterocycles. The van der Waals surface area contributed by atoms with Gasteiger partial charge in [0.25, 0.3) is 5.91 Å². The molecule has 4 nitrogen and oxygen atoms in total. The first-order valence-corrected chi connectivity index (χ1v) is 8.96. The van der Waals surface area contributed by atoms with Gasteiger partial charge in [-0.3, -0.25) is 4.79 Å². The average Bonchev–Trinajstić information content (AvgIpc) is 3.11. The third-order valence-corrected chi connectivity index (χ3v) is 4.56. The zero-order chi connectivity index (χ0) is 17.6. The Morgan fingerprint density at radius 3 is 2.72 bits per heavy atom. The molecular weight excluding hydrogens is 332 g/mol. The molecule has 0 aliphatic heterocycles. The molecule has 0 saturated heterocycles. The highest BCUT2D eigenvalue weighted by atomic mass is 32.1. The molecule has 0 aliphatic rings. The van der Waals surface area contributed by atoms with E-state index in [1.54, 1.807) is 6.20 Å². The fourth-order valence-electron chi connectivity index (χ4n) is 2.29. The van der Waals surface area contributed by atoms with Crippen molar-refractivity contribution in [2.24, 2.45) is 0 Å². The Labute approximate surface area is 151 Å². The van der Waals surface area contributed by atoms with Crippen LogP contribution in [0, 0.1) is 0 Å². The predicted octanol–water partition coefficient (Wildman–Crippen LogP) is 4.99. The van der Waals surface area contributed by atoms with E-state index >= 15 is 0 Å². The minimum absolute atomic E-state index is 0.151. The summed E-state index contributed by atoms with van der Waals surface area (Å²) in [7, 11) is 0. The second-order valence-electron chi connectivity index (χ2n) is 5.91. The fraction of sp³-hybridized carbons (Fsp3) is 0.200. The quantitative estimate of drug-likeness (QED) is 0.680. The number of benzene rings is 2. The van der Waals surface area contributed by atoms with E-state index < -0.39 is 0 Å². The maximum Gasteiger partial charge on any atom is 0.267 e. The summed E-state index contributed by atoms with van der Waals surface area (Å²) in [5.41, 5.74) is 2.80. The maximum atomic E-state index is 12.5. The molecule has 1 N–H and O–H groups in total. The highest BCUT2D eigenvalue weighted by molar-refractivity contribution is 7.17. The van der Waals surface area contributed by atoms with Crippen LogP contribution in [0.3, 0.4) is 0 Å². The van der Waals surface area contributed by atoms with Gasteiger partial charge in [-0.05, 0) is 31.5 Å². The maximum absolute atomic E-state index is 12.5. The summed E-state index contributed by atoms with van der Waals surface area (Å²) in [5.74, 6) is -0.151. The molecule has 25 heavy (non-hydrogen) atoms. The molecule has 5 heteroatoms. The lowest BCUT2D eigenvalue weighted by atomic mass is 10.2. The molecule has 3 aromatic rings. The van der Waals surface area contributed by atoms with Crippen LogP contribution in [-0.2, 0) is 11.3 Å². The van der Waals surface area contributed by atoms with Crippen molar-refractivity contribution in [2.45, 2.75) is 26.6 Å². The SMILES string of the molecule is CC(C)OCc1cccc(NC(=O)c2cnc(-c3ccccc3)s2)c1. The van der Waals surface area contributed by atoms with Gasteiger partial charge < -0.3 is 10.1 Å². The number of hydrogen-bond acceptors (Lipinski definition) is 4. The summed E-state index contributed by atoms with van der Waals surface area (Å²) < 4.78 is 5.60. The molecule has 0 fully saturated rings. The smallest absolute Gasteiger partial charge is 0.267 e. The Kier molecular flexibility index (Phi) is 5.58. The number of carbonyl (C=O) groups excluding carboxylic acids is 1. The van der Waals surface area contributed by atoms with Gasteiger partial charge in [0, 0.05) is 11.3 Å². The van der Waals surface area contributed by atoms with E-state index in [2.05, 4.69) is 10.3 Å². The van der Waals surface area contributed by atoms with Gasteiger partial charge in [-0.1, -0.05) is 42.5 Å². The Morgan fingerprint density at radius 1 is 1.16 bits per heavy atom. The van der Waals surface area contributed by atoms with Crippen LogP contribution in [0.15, 0.2) is 60.8 Å². The summed E-state index contributed by atoms with van der Waals surface area (Å²) in [6.45, 7) is 4.53. The molecule has 0 bridgehead atoms. The number of ether oxygens (including phenoxy) is 1. The zero-order valence-electron chi connectivity index (χ0n) is 14.2. The third kappa shape index (κ3) is 4.75. The second kappa shape index (κ2) is 8.05. The minimum atomic E-state index is -0.151. The van der Waals surface area contributed by atoms with Crippen LogP contribution in [0.2, 0.25) is 0 Å². The number of aromatic nitrogens is 1. The summed E-state index contributed by atoms with van der Waals surface area (Å²) in [6.07, 6.45) is 1.79. The Bertz CT molecular complexity index is 844. The number of thiazole rings is 1. The van der Waals surface area contributed by atoms with Crippen molar-refractivity contribution < 1.29 is 9.53 Å². The van der Waals surface area contributed by atoms with Crippen LogP contribution in [0.4, 0.5) is 5.69 Å². The van der Waals surface area contributed by atoms with Gasteiger partial charge in [-0.25, -0.2) is 4.98 Å². The zero-order valence-corrected chi connectivity index (χ0v) is 15.0. The normalized spacial score (nSPS) is 10.8. The van der Waals surface area contributed by atoms with Crippen LogP contribution >= 0.6 is 11.3 Å². The van der Waals surface area contributed by atoms with Gasteiger partial charge in [-0.15, -0.1) is 11.3 Å². The number of nitrogens with zero attached hydrogens (tertiary/aromatic N) is 1. The molecule has 0 aliphatic carbocycles. The van der Waals surface area contributed by atoms with Gasteiger partial charge >= 0.3 is 0 Å². The van der Waals surface area contributed by atoms with Crippen LogP contribution in [-0.4, -0.2) is 17.0 Å². The first-order valence-electron chi connectivity index (χ1n) is 8.15. The lowest BCUT2D eigenvalue weighted by Crippen LogP contribution is -2.10. The van der Waals surface area contributed by atoms with E-state index in [-0.39, 0.29) is 12.0 Å². The molecule has 128 valence electrons. The van der Waals surface area contributed by atoms with Crippen LogP contribution in [0.25, 0.3) is 10.6 Å². The average molecular weight is 352 g/mol. The number of anilines is 1. The Morgan fingerprint density at radius 2 is 1.96 bits per heavy atom. The standard InChI is InChI=1S/C20H20N2O2S/c1-14(2)24-13-15-7-6-10-17(11-15)22-19(23)18-12-21-20(25-18)16-8-4-3-5-9-16/h3-12,14H,13H2,1-2H3,(H,22,23). The second-order valence-corrected chi connectivity index (χ2v) is 6.94. The molecule has 0 saturated carbocycles. The highest BCUT2D eigenvalue weighted by Gasteiger charge is 2.12. The molecule has 0 atom stereocenters. The number of hydrogen-bond donors (Lipinski definition) is 1. The van der Waals surface area contributed by atoms with E-state index in [9.17, 15) is 4.79 Å². The van der Waals surface area contributed by atoms with Crippen molar-refractivity contribution in [3.05, 3.63) is 71.2 Å². The molecule has 1 heterocycles. The first-order chi connectivity index (χ1) is 12.1. The summed E-state index contributed by atoms with van der Waals surface area (Å²) in [6, 6.07) is 17.5. The lowest BCUT2D eigenvalue weighted by molar-refractivity contribution is 0.0657. The molecule has 1 amide bonds. The number of rotatable bonds is 6. The molecular formula is C20H20N2O2S. The van der Waals surface area contributed by atoms with Crippen molar-refractivity contribution in [2.75, 3.05) is 5.32 Å². The van der Waals surface area contributed by atoms with Gasteiger partial charge in [0.1, 0.15) is 9.88 Å². The van der Waals surface area contributed by atoms with E-state index in [0.717, 1.165) is 21.8 Å². The molecule has 3 rings (SSSR count). The van der Waals surface area contributed by atoms with E-state index in [0.29, 0.717) is 11.5 Å². The van der Waals surface area contributed by atoms with Crippen molar-refractivity contribution in [1.82, 2.24) is 4.98 Å². The van der Waals surface area contributed by atoms with E-state index in [1.807, 2.05) is 68.4 Å². The van der Waals surface area contributed by atoms with Crippen molar-refractivity contribution in [3.8, 4) is 10.6 Å². The van der Waals surface area contributed by atoms with Crippen molar-refractivity contribution in [1.29, 1.82) is 0 Å². The number of carbonyl (C=O) groups is 1. The summed E-state index contributed by atoms with van der Waals surface area (Å²) in [5, 5.41) is 3.76. The molecule has 0 radical (unpaired) electrons. The van der Waals surface area contributed by atoms with Crippen molar-refractivity contribution >= 4 is 22.9 Å². The number of amides is 1. The van der Waals surface area contributed by atoms with Crippen LogP contribution in [0.5, 0.6) is 0 Å². The van der Waals surface area contributed by atoms with Crippen molar-refractivity contribution in [3.63, 3.8) is 0 Å². The monoisotopic (exact) mass is 352 g/mol. The van der Waals surface area contributed by atoms with Gasteiger partial charge in [0.05, 0.1) is 18.9 Å². The van der Waals surface area contributed by atoms with Gasteiger partial charge in [0.15, 0.2) is 0 Å². The van der Waals surface area contributed by atoms with Crippen LogP contribution < -0.4 is 5.32 Å². The van der Waals surface area contributed by atoms with E-state index in [4.69, 9.17) is 4.74 Å². The van der Waals surface area contributed by atoms with Crippen LogP contribution in [0.1, 0.15) is 29.1 Å². The van der Waals surface area contributed by atoms with Gasteiger partial charge in [-0.2, -0.15) is 0 Å². The summed E-state index contributed by atoms with van der Waals surface area (Å²) in [4.78, 5) is 17.4. The largest absolute Gasteiger partial charge is 0.374 e. The summed E-state index contributed by atoms with van der Waals surface area (Å²) >= 11 is 1.38. The fourth-order valence-corrected chi connectivity index (χ4v) is 3.10. The minimum Gasteiger partial charge on any atom is -0.374 e.